The van der Waals surface area contributed by atoms with E-state index in [-0.39, 0.29) is 0 Å². The number of hydrogen-bond acceptors (Lipinski definition) is 4. The SMILES string of the molecule is S=C=Nc1cccc(Cl)c1N=C=S. The van der Waals surface area contributed by atoms with Crippen LogP contribution < -0.4 is 0 Å². The molecular formula is C8H3ClN2S2. The molecule has 0 fully saturated rings. The molecule has 0 aromatic heterocycles. The molecule has 2 nitrogen and oxygen atoms in total. The summed E-state index contributed by atoms with van der Waals surface area (Å²) >= 11 is 14.8. The van der Waals surface area contributed by atoms with E-state index in [4.69, 9.17) is 11.6 Å². The van der Waals surface area contributed by atoms with E-state index < -0.39 is 0 Å². The van der Waals surface area contributed by atoms with E-state index in [0.717, 1.165) is 0 Å². The second kappa shape index (κ2) is 4.97. The normalized spacial score (nSPS) is 8.38. The van der Waals surface area contributed by atoms with E-state index in [9.17, 15) is 0 Å². The van der Waals surface area contributed by atoms with Crippen molar-refractivity contribution in [2.75, 3.05) is 0 Å². The Kier molecular flexibility index (Phi) is 3.90. The smallest absolute Gasteiger partial charge is 0.119 e. The number of benzene rings is 1. The number of para-hydroxylation sites is 1. The highest BCUT2D eigenvalue weighted by molar-refractivity contribution is 7.78. The second-order valence-electron chi connectivity index (χ2n) is 2.01. The molecule has 0 unspecified atom stereocenters. The van der Waals surface area contributed by atoms with Gasteiger partial charge in [-0.15, -0.1) is 0 Å². The molecule has 0 saturated heterocycles. The summed E-state index contributed by atoms with van der Waals surface area (Å²) < 4.78 is 0. The number of halogens is 1. The van der Waals surface area contributed by atoms with Crippen molar-refractivity contribution in [2.45, 2.75) is 0 Å². The third-order valence-corrected chi connectivity index (χ3v) is 1.78. The van der Waals surface area contributed by atoms with Gasteiger partial charge in [-0.25, -0.2) is 0 Å². The molecular weight excluding hydrogens is 224 g/mol. The highest BCUT2D eigenvalue weighted by atomic mass is 35.5. The topological polar surface area (TPSA) is 24.7 Å². The lowest BCUT2D eigenvalue weighted by molar-refractivity contribution is 1.48. The number of nitrogens with zero attached hydrogens (tertiary/aromatic N) is 2. The molecule has 0 N–H and O–H groups in total. The number of hydrogen-bond donors (Lipinski definition) is 0. The molecule has 0 heterocycles. The summed E-state index contributed by atoms with van der Waals surface area (Å²) in [7, 11) is 0. The summed E-state index contributed by atoms with van der Waals surface area (Å²) in [6, 6.07) is 5.16. The van der Waals surface area contributed by atoms with Crippen molar-refractivity contribution < 1.29 is 0 Å². The Balaban J connectivity index is 3.41. The average molecular weight is 227 g/mol. The molecule has 1 aromatic rings. The fourth-order valence-electron chi connectivity index (χ4n) is 0.800. The van der Waals surface area contributed by atoms with Gasteiger partial charge in [-0.1, -0.05) is 17.7 Å². The highest BCUT2D eigenvalue weighted by Crippen LogP contribution is 2.34. The van der Waals surface area contributed by atoms with E-state index in [2.05, 4.69) is 44.7 Å². The monoisotopic (exact) mass is 226 g/mol. The van der Waals surface area contributed by atoms with Crippen LogP contribution in [-0.4, -0.2) is 10.3 Å². The van der Waals surface area contributed by atoms with E-state index >= 15 is 0 Å². The van der Waals surface area contributed by atoms with Gasteiger partial charge in [0.15, 0.2) is 0 Å². The van der Waals surface area contributed by atoms with E-state index in [1.807, 2.05) is 0 Å². The molecule has 0 atom stereocenters. The van der Waals surface area contributed by atoms with Gasteiger partial charge in [0.25, 0.3) is 0 Å². The van der Waals surface area contributed by atoms with Crippen LogP contribution in [-0.2, 0) is 0 Å². The van der Waals surface area contributed by atoms with Crippen LogP contribution in [0.4, 0.5) is 11.4 Å². The fourth-order valence-corrected chi connectivity index (χ4v) is 1.20. The highest BCUT2D eigenvalue weighted by Gasteiger charge is 2.03. The van der Waals surface area contributed by atoms with Crippen LogP contribution in [0.15, 0.2) is 28.2 Å². The van der Waals surface area contributed by atoms with E-state index in [1.165, 1.54) is 0 Å². The molecule has 5 heteroatoms. The maximum Gasteiger partial charge on any atom is 0.119 e. The first-order valence-corrected chi connectivity index (χ1v) is 4.43. The lowest BCUT2D eigenvalue weighted by atomic mass is 10.3. The first kappa shape index (κ1) is 10.2. The van der Waals surface area contributed by atoms with Gasteiger partial charge < -0.3 is 0 Å². The first-order valence-electron chi connectivity index (χ1n) is 3.24. The molecule has 64 valence electrons. The zero-order valence-electron chi connectivity index (χ0n) is 6.32. The second-order valence-corrected chi connectivity index (χ2v) is 2.79. The fraction of sp³-hybridized carbons (Fsp3) is 0. The van der Waals surface area contributed by atoms with Gasteiger partial charge in [-0.2, -0.15) is 9.98 Å². The van der Waals surface area contributed by atoms with Crippen LogP contribution in [0.5, 0.6) is 0 Å². The number of aliphatic imine (C=N–C) groups is 2. The van der Waals surface area contributed by atoms with Crippen molar-refractivity contribution in [2.24, 2.45) is 9.98 Å². The van der Waals surface area contributed by atoms with Crippen molar-refractivity contribution in [3.63, 3.8) is 0 Å². The molecule has 1 aromatic carbocycles. The Morgan fingerprint density at radius 1 is 1.15 bits per heavy atom. The Morgan fingerprint density at radius 2 is 1.85 bits per heavy atom. The predicted octanol–water partition coefficient (Wildman–Crippen LogP) is 3.81. The molecule has 0 saturated carbocycles. The lowest BCUT2D eigenvalue weighted by Crippen LogP contribution is -1.69. The lowest BCUT2D eigenvalue weighted by Gasteiger charge is -1.98. The van der Waals surface area contributed by atoms with Crippen LogP contribution in [0.3, 0.4) is 0 Å². The summed E-state index contributed by atoms with van der Waals surface area (Å²) in [4.78, 5) is 7.56. The van der Waals surface area contributed by atoms with Gasteiger partial charge >= 0.3 is 0 Å². The van der Waals surface area contributed by atoms with Crippen molar-refractivity contribution in [3.8, 4) is 0 Å². The summed E-state index contributed by atoms with van der Waals surface area (Å²) in [6.07, 6.45) is 0. The number of thiocarbonyl (C=S) groups is 2. The standard InChI is InChI=1S/C8H3ClN2S2/c9-6-2-1-3-7(10-4-12)8(6)11-5-13/h1-3H. The maximum absolute atomic E-state index is 5.84. The molecule has 0 amide bonds. The van der Waals surface area contributed by atoms with Crippen LogP contribution in [0, 0.1) is 0 Å². The zero-order valence-corrected chi connectivity index (χ0v) is 8.71. The van der Waals surface area contributed by atoms with Crippen molar-refractivity contribution in [3.05, 3.63) is 23.2 Å². The summed E-state index contributed by atoms with van der Waals surface area (Å²) in [5.74, 6) is 0. The van der Waals surface area contributed by atoms with Crippen molar-refractivity contribution >= 4 is 57.7 Å². The first-order chi connectivity index (χ1) is 6.29. The Hall–Kier alpha value is -0.890. The molecule has 0 radical (unpaired) electrons. The predicted molar refractivity (Wildman–Crippen MR) is 60.8 cm³/mol. The molecule has 13 heavy (non-hydrogen) atoms. The minimum absolute atomic E-state index is 0.462. The average Bonchev–Trinajstić information content (AvgIpc) is 2.11. The van der Waals surface area contributed by atoms with Crippen molar-refractivity contribution in [1.29, 1.82) is 0 Å². The van der Waals surface area contributed by atoms with Gasteiger partial charge in [0.05, 0.1) is 15.3 Å². The van der Waals surface area contributed by atoms with Gasteiger partial charge in [-0.05, 0) is 36.6 Å². The van der Waals surface area contributed by atoms with Crippen LogP contribution in [0.25, 0.3) is 0 Å². The Bertz CT molecular complexity index is 418. The van der Waals surface area contributed by atoms with Gasteiger partial charge in [-0.3, -0.25) is 0 Å². The quantitative estimate of drug-likeness (QED) is 0.566. The Morgan fingerprint density at radius 3 is 2.46 bits per heavy atom. The maximum atomic E-state index is 5.84. The third-order valence-electron chi connectivity index (χ3n) is 1.29. The summed E-state index contributed by atoms with van der Waals surface area (Å²) in [5.41, 5.74) is 1.01. The molecule has 1 rings (SSSR count). The molecule has 0 aliphatic carbocycles. The number of isothiocyanates is 2. The summed E-state index contributed by atoms with van der Waals surface area (Å²) in [5, 5.41) is 4.93. The molecule has 0 aliphatic rings. The van der Waals surface area contributed by atoms with Gasteiger partial charge in [0.1, 0.15) is 11.4 Å². The van der Waals surface area contributed by atoms with Crippen LogP contribution in [0.1, 0.15) is 0 Å². The third kappa shape index (κ3) is 2.52. The molecule has 0 spiro atoms. The summed E-state index contributed by atoms with van der Waals surface area (Å²) in [6.45, 7) is 0. The zero-order chi connectivity index (χ0) is 9.68. The van der Waals surface area contributed by atoms with E-state index in [0.29, 0.717) is 16.4 Å². The Labute approximate surface area is 91.0 Å². The minimum atomic E-state index is 0.462. The molecule has 0 aliphatic heterocycles. The van der Waals surface area contributed by atoms with Crippen molar-refractivity contribution in [1.82, 2.24) is 0 Å². The minimum Gasteiger partial charge on any atom is -0.192 e. The van der Waals surface area contributed by atoms with Gasteiger partial charge in [0, 0.05) is 0 Å². The number of rotatable bonds is 2. The molecule has 0 bridgehead atoms. The van der Waals surface area contributed by atoms with Gasteiger partial charge in [0.2, 0.25) is 0 Å². The largest absolute Gasteiger partial charge is 0.192 e. The van der Waals surface area contributed by atoms with Crippen LogP contribution >= 0.6 is 36.0 Å². The van der Waals surface area contributed by atoms with Crippen LogP contribution in [0.2, 0.25) is 5.02 Å². The van der Waals surface area contributed by atoms with E-state index in [1.54, 1.807) is 18.2 Å².